The SMILES string of the molecule is CCc1c(Br)c(C#N)cc2ccsc12. The molecule has 0 fully saturated rings. The molecule has 0 saturated carbocycles. The number of benzene rings is 1. The van der Waals surface area contributed by atoms with Crippen LogP contribution in [0, 0.1) is 11.3 Å². The summed E-state index contributed by atoms with van der Waals surface area (Å²) in [6.07, 6.45) is 0.952. The summed E-state index contributed by atoms with van der Waals surface area (Å²) < 4.78 is 2.25. The van der Waals surface area contributed by atoms with Crippen molar-refractivity contribution in [3.63, 3.8) is 0 Å². The highest BCUT2D eigenvalue weighted by atomic mass is 79.9. The number of hydrogen-bond acceptors (Lipinski definition) is 2. The molecule has 0 saturated heterocycles. The maximum atomic E-state index is 8.96. The fourth-order valence-electron chi connectivity index (χ4n) is 1.56. The molecule has 0 spiro atoms. The second-order valence-electron chi connectivity index (χ2n) is 3.02. The average Bonchev–Trinajstić information content (AvgIpc) is 2.64. The third-order valence-corrected chi connectivity index (χ3v) is 4.14. The molecule has 1 aromatic heterocycles. The third kappa shape index (κ3) is 1.35. The van der Waals surface area contributed by atoms with Crippen molar-refractivity contribution in [3.05, 3.63) is 33.1 Å². The summed E-state index contributed by atoms with van der Waals surface area (Å²) in [5, 5.41) is 12.2. The van der Waals surface area contributed by atoms with E-state index in [1.165, 1.54) is 15.6 Å². The van der Waals surface area contributed by atoms with Crippen LogP contribution >= 0.6 is 27.3 Å². The summed E-state index contributed by atoms with van der Waals surface area (Å²) in [4.78, 5) is 0. The van der Waals surface area contributed by atoms with Gasteiger partial charge in [0.05, 0.1) is 5.56 Å². The van der Waals surface area contributed by atoms with E-state index in [1.54, 1.807) is 11.3 Å². The molecule has 70 valence electrons. The average molecular weight is 266 g/mol. The van der Waals surface area contributed by atoms with Gasteiger partial charge in [-0.25, -0.2) is 0 Å². The van der Waals surface area contributed by atoms with Crippen LogP contribution in [0.25, 0.3) is 10.1 Å². The van der Waals surface area contributed by atoms with E-state index in [1.807, 2.05) is 6.07 Å². The van der Waals surface area contributed by atoms with E-state index in [0.29, 0.717) is 0 Å². The Morgan fingerprint density at radius 2 is 2.36 bits per heavy atom. The Morgan fingerprint density at radius 1 is 1.57 bits per heavy atom. The van der Waals surface area contributed by atoms with Crippen LogP contribution in [0.2, 0.25) is 0 Å². The highest BCUT2D eigenvalue weighted by molar-refractivity contribution is 9.10. The number of halogens is 1. The first-order valence-electron chi connectivity index (χ1n) is 4.36. The Morgan fingerprint density at radius 3 is 3.00 bits per heavy atom. The minimum absolute atomic E-state index is 0.729. The summed E-state index contributed by atoms with van der Waals surface area (Å²) in [6, 6.07) is 6.21. The predicted octanol–water partition coefficient (Wildman–Crippen LogP) is 4.10. The zero-order chi connectivity index (χ0) is 10.1. The zero-order valence-corrected chi connectivity index (χ0v) is 10.1. The molecule has 0 N–H and O–H groups in total. The van der Waals surface area contributed by atoms with E-state index < -0.39 is 0 Å². The second-order valence-corrected chi connectivity index (χ2v) is 4.73. The minimum Gasteiger partial charge on any atom is -0.192 e. The van der Waals surface area contributed by atoms with Crippen LogP contribution in [-0.4, -0.2) is 0 Å². The summed E-state index contributed by atoms with van der Waals surface area (Å²) in [7, 11) is 0. The molecule has 1 heterocycles. The highest BCUT2D eigenvalue weighted by Gasteiger charge is 2.10. The third-order valence-electron chi connectivity index (χ3n) is 2.25. The van der Waals surface area contributed by atoms with Crippen LogP contribution in [0.4, 0.5) is 0 Å². The summed E-state index contributed by atoms with van der Waals surface area (Å²) in [6.45, 7) is 2.11. The fourth-order valence-corrected chi connectivity index (χ4v) is 3.37. The van der Waals surface area contributed by atoms with Crippen LogP contribution < -0.4 is 0 Å². The molecule has 0 unspecified atom stereocenters. The Bertz CT molecular complexity index is 522. The first-order valence-corrected chi connectivity index (χ1v) is 6.04. The van der Waals surface area contributed by atoms with Gasteiger partial charge in [-0.2, -0.15) is 5.26 Å². The van der Waals surface area contributed by atoms with Gasteiger partial charge in [0, 0.05) is 9.17 Å². The molecule has 2 aromatic rings. The van der Waals surface area contributed by atoms with Gasteiger partial charge in [0.15, 0.2) is 0 Å². The predicted molar refractivity (Wildman–Crippen MR) is 63.6 cm³/mol. The topological polar surface area (TPSA) is 23.8 Å². The van der Waals surface area contributed by atoms with E-state index in [-0.39, 0.29) is 0 Å². The van der Waals surface area contributed by atoms with Crippen LogP contribution in [0.15, 0.2) is 22.0 Å². The molecule has 0 amide bonds. The first kappa shape index (κ1) is 9.70. The Kier molecular flexibility index (Phi) is 2.58. The lowest BCUT2D eigenvalue weighted by Gasteiger charge is -2.04. The molecule has 1 aromatic carbocycles. The largest absolute Gasteiger partial charge is 0.192 e. The monoisotopic (exact) mass is 265 g/mol. The number of hydrogen-bond donors (Lipinski definition) is 0. The van der Waals surface area contributed by atoms with Gasteiger partial charge in [-0.05, 0) is 50.8 Å². The fraction of sp³-hybridized carbons (Fsp3) is 0.182. The molecule has 3 heteroatoms. The van der Waals surface area contributed by atoms with Crippen LogP contribution in [0.5, 0.6) is 0 Å². The van der Waals surface area contributed by atoms with Crippen molar-refractivity contribution in [3.8, 4) is 6.07 Å². The summed E-state index contributed by atoms with van der Waals surface area (Å²) >= 11 is 5.22. The van der Waals surface area contributed by atoms with E-state index >= 15 is 0 Å². The van der Waals surface area contributed by atoms with Crippen molar-refractivity contribution in [2.75, 3.05) is 0 Å². The van der Waals surface area contributed by atoms with Gasteiger partial charge >= 0.3 is 0 Å². The van der Waals surface area contributed by atoms with Gasteiger partial charge in [-0.15, -0.1) is 11.3 Å². The van der Waals surface area contributed by atoms with Crippen molar-refractivity contribution in [1.29, 1.82) is 5.26 Å². The summed E-state index contributed by atoms with van der Waals surface area (Å²) in [5.74, 6) is 0. The van der Waals surface area contributed by atoms with E-state index in [2.05, 4.69) is 40.4 Å². The molecular weight excluding hydrogens is 258 g/mol. The molecule has 14 heavy (non-hydrogen) atoms. The van der Waals surface area contributed by atoms with Crippen LogP contribution in [0.3, 0.4) is 0 Å². The first-order chi connectivity index (χ1) is 6.77. The number of thiophene rings is 1. The summed E-state index contributed by atoms with van der Waals surface area (Å²) in [5.41, 5.74) is 1.97. The van der Waals surface area contributed by atoms with Gasteiger partial charge < -0.3 is 0 Å². The maximum absolute atomic E-state index is 8.96. The smallest absolute Gasteiger partial charge is 0.100 e. The minimum atomic E-state index is 0.729. The lowest BCUT2D eigenvalue weighted by molar-refractivity contribution is 1.15. The molecule has 2 rings (SSSR count). The van der Waals surface area contributed by atoms with Crippen molar-refractivity contribution in [2.24, 2.45) is 0 Å². The van der Waals surface area contributed by atoms with Gasteiger partial charge in [-0.1, -0.05) is 6.92 Å². The maximum Gasteiger partial charge on any atom is 0.100 e. The normalized spacial score (nSPS) is 10.4. The molecule has 0 aliphatic rings. The van der Waals surface area contributed by atoms with Crippen molar-refractivity contribution in [1.82, 2.24) is 0 Å². The second kappa shape index (κ2) is 3.72. The molecule has 1 nitrogen and oxygen atoms in total. The molecule has 0 radical (unpaired) electrons. The molecule has 0 atom stereocenters. The van der Waals surface area contributed by atoms with Gasteiger partial charge in [0.2, 0.25) is 0 Å². The lowest BCUT2D eigenvalue weighted by atomic mass is 10.1. The zero-order valence-electron chi connectivity index (χ0n) is 7.67. The van der Waals surface area contributed by atoms with Crippen molar-refractivity contribution < 1.29 is 0 Å². The number of fused-ring (bicyclic) bond motifs is 1. The van der Waals surface area contributed by atoms with E-state index in [0.717, 1.165) is 16.5 Å². The standard InChI is InChI=1S/C11H8BrNS/c1-2-9-10(12)8(6-13)5-7-3-4-14-11(7)9/h3-5H,2H2,1H3. The van der Waals surface area contributed by atoms with Crippen LogP contribution in [0.1, 0.15) is 18.1 Å². The van der Waals surface area contributed by atoms with Crippen LogP contribution in [-0.2, 0) is 6.42 Å². The molecule has 0 aliphatic carbocycles. The molecular formula is C11H8BrNS. The highest BCUT2D eigenvalue weighted by Crippen LogP contribution is 2.33. The molecule has 0 aliphatic heterocycles. The van der Waals surface area contributed by atoms with Crippen molar-refractivity contribution in [2.45, 2.75) is 13.3 Å². The van der Waals surface area contributed by atoms with E-state index in [4.69, 9.17) is 5.26 Å². The Labute approximate surface area is 95.1 Å². The quantitative estimate of drug-likeness (QED) is 0.762. The number of nitrogens with zero attached hydrogens (tertiary/aromatic N) is 1. The molecule has 0 bridgehead atoms. The number of aryl methyl sites for hydroxylation is 1. The Hall–Kier alpha value is -0.850. The van der Waals surface area contributed by atoms with Crippen molar-refractivity contribution >= 4 is 37.4 Å². The van der Waals surface area contributed by atoms with Gasteiger partial charge in [0.1, 0.15) is 6.07 Å². The number of rotatable bonds is 1. The van der Waals surface area contributed by atoms with E-state index in [9.17, 15) is 0 Å². The number of nitriles is 1. The van der Waals surface area contributed by atoms with Gasteiger partial charge in [0.25, 0.3) is 0 Å². The van der Waals surface area contributed by atoms with Gasteiger partial charge in [-0.3, -0.25) is 0 Å². The lowest BCUT2D eigenvalue weighted by Crippen LogP contribution is -1.87. The Balaban J connectivity index is 2.89.